The van der Waals surface area contributed by atoms with Gasteiger partial charge in [-0.15, -0.1) is 0 Å². The molecule has 0 aliphatic carbocycles. The average Bonchev–Trinajstić information content (AvgIpc) is 2.99. The standard InChI is InChI=1S/C16H16N4O4/c21-13-8-12(15(22)19-20-7-6-17-16(20)23)18-9-14(13)24-10-11-4-2-1-3-5-11/h1-5,8-9H,6-7,10H2,(H,17,23)(H,18,21)(H,19,22). The van der Waals surface area contributed by atoms with Crippen molar-refractivity contribution in [3.8, 4) is 5.75 Å². The molecule has 0 atom stereocenters. The number of pyridine rings is 1. The Morgan fingerprint density at radius 2 is 2.04 bits per heavy atom. The first-order valence-electron chi connectivity index (χ1n) is 7.39. The molecule has 0 spiro atoms. The lowest BCUT2D eigenvalue weighted by atomic mass is 10.2. The lowest BCUT2D eigenvalue weighted by molar-refractivity contribution is 0.0846. The van der Waals surface area contributed by atoms with Crippen LogP contribution in [0.2, 0.25) is 0 Å². The monoisotopic (exact) mass is 328 g/mol. The number of aromatic nitrogens is 1. The fourth-order valence-electron chi connectivity index (χ4n) is 2.20. The molecule has 8 heteroatoms. The third-order valence-electron chi connectivity index (χ3n) is 3.45. The van der Waals surface area contributed by atoms with E-state index in [2.05, 4.69) is 15.7 Å². The van der Waals surface area contributed by atoms with Crippen molar-refractivity contribution in [2.75, 3.05) is 13.1 Å². The van der Waals surface area contributed by atoms with E-state index in [9.17, 15) is 14.4 Å². The first-order chi connectivity index (χ1) is 11.6. The SMILES string of the molecule is O=C(NN1CCNC1=O)c1cc(=O)c(OCc2ccccc2)c[nH]1. The highest BCUT2D eigenvalue weighted by atomic mass is 16.5. The first kappa shape index (κ1) is 15.6. The van der Waals surface area contributed by atoms with Crippen molar-refractivity contribution in [2.24, 2.45) is 0 Å². The van der Waals surface area contributed by atoms with E-state index >= 15 is 0 Å². The van der Waals surface area contributed by atoms with E-state index in [1.165, 1.54) is 6.20 Å². The molecule has 24 heavy (non-hydrogen) atoms. The predicted molar refractivity (Wildman–Crippen MR) is 85.4 cm³/mol. The van der Waals surface area contributed by atoms with Crippen molar-refractivity contribution in [1.29, 1.82) is 0 Å². The van der Waals surface area contributed by atoms with Crippen LogP contribution >= 0.6 is 0 Å². The second-order valence-corrected chi connectivity index (χ2v) is 5.17. The van der Waals surface area contributed by atoms with Gasteiger partial charge < -0.3 is 15.0 Å². The van der Waals surface area contributed by atoms with Crippen molar-refractivity contribution >= 4 is 11.9 Å². The summed E-state index contributed by atoms with van der Waals surface area (Å²) in [7, 11) is 0. The quantitative estimate of drug-likeness (QED) is 0.748. The van der Waals surface area contributed by atoms with Gasteiger partial charge >= 0.3 is 6.03 Å². The van der Waals surface area contributed by atoms with Crippen molar-refractivity contribution in [2.45, 2.75) is 6.61 Å². The van der Waals surface area contributed by atoms with E-state index in [0.717, 1.165) is 16.6 Å². The van der Waals surface area contributed by atoms with E-state index in [1.54, 1.807) is 0 Å². The molecule has 1 aromatic carbocycles. The number of ether oxygens (including phenoxy) is 1. The van der Waals surface area contributed by atoms with E-state index in [-0.39, 0.29) is 24.1 Å². The minimum Gasteiger partial charge on any atom is -0.483 e. The molecule has 8 nitrogen and oxygen atoms in total. The van der Waals surface area contributed by atoms with Crippen molar-refractivity contribution < 1.29 is 14.3 Å². The number of aromatic amines is 1. The highest BCUT2D eigenvalue weighted by Crippen LogP contribution is 2.07. The lowest BCUT2D eigenvalue weighted by Gasteiger charge is -2.15. The van der Waals surface area contributed by atoms with Crippen LogP contribution in [0.1, 0.15) is 16.1 Å². The zero-order valence-corrected chi connectivity index (χ0v) is 12.7. The predicted octanol–water partition coefficient (Wildman–Crippen LogP) is 0.624. The number of hydrazine groups is 1. The molecule has 2 heterocycles. The van der Waals surface area contributed by atoms with Crippen LogP contribution in [0.5, 0.6) is 5.75 Å². The number of hydrogen-bond donors (Lipinski definition) is 3. The second kappa shape index (κ2) is 6.86. The number of amides is 3. The Kier molecular flexibility index (Phi) is 4.46. The molecule has 3 amide bonds. The second-order valence-electron chi connectivity index (χ2n) is 5.17. The Balaban J connectivity index is 1.64. The molecule has 3 rings (SSSR count). The van der Waals surface area contributed by atoms with Crippen LogP contribution < -0.4 is 20.9 Å². The average molecular weight is 328 g/mol. The number of nitrogens with zero attached hydrogens (tertiary/aromatic N) is 1. The van der Waals surface area contributed by atoms with Crippen LogP contribution in [0.3, 0.4) is 0 Å². The summed E-state index contributed by atoms with van der Waals surface area (Å²) in [6, 6.07) is 10.2. The molecule has 0 radical (unpaired) electrons. The number of benzene rings is 1. The Bertz CT molecular complexity index is 803. The van der Waals surface area contributed by atoms with Gasteiger partial charge in [0.1, 0.15) is 12.3 Å². The number of H-pyrrole nitrogens is 1. The molecule has 0 unspecified atom stereocenters. The van der Waals surface area contributed by atoms with Gasteiger partial charge in [-0.2, -0.15) is 0 Å². The first-order valence-corrected chi connectivity index (χ1v) is 7.39. The maximum absolute atomic E-state index is 12.0. The fraction of sp³-hybridized carbons (Fsp3) is 0.188. The molecular weight excluding hydrogens is 312 g/mol. The third-order valence-corrected chi connectivity index (χ3v) is 3.45. The summed E-state index contributed by atoms with van der Waals surface area (Å²) >= 11 is 0. The van der Waals surface area contributed by atoms with Crippen LogP contribution in [0.4, 0.5) is 4.79 Å². The Labute approximate surface area is 137 Å². The topological polar surface area (TPSA) is 104 Å². The summed E-state index contributed by atoms with van der Waals surface area (Å²) in [5, 5.41) is 3.71. The summed E-state index contributed by atoms with van der Waals surface area (Å²) in [6.45, 7) is 1.08. The highest BCUT2D eigenvalue weighted by Gasteiger charge is 2.22. The van der Waals surface area contributed by atoms with Gasteiger partial charge in [0.25, 0.3) is 5.91 Å². The van der Waals surface area contributed by atoms with Crippen LogP contribution in [0.15, 0.2) is 47.4 Å². The number of hydrogen-bond acceptors (Lipinski definition) is 4. The molecule has 3 N–H and O–H groups in total. The third kappa shape index (κ3) is 3.54. The van der Waals surface area contributed by atoms with E-state index < -0.39 is 11.3 Å². The largest absolute Gasteiger partial charge is 0.483 e. The van der Waals surface area contributed by atoms with E-state index in [1.807, 2.05) is 30.3 Å². The van der Waals surface area contributed by atoms with Crippen LogP contribution in [0.25, 0.3) is 0 Å². The van der Waals surface area contributed by atoms with Crippen molar-refractivity contribution in [3.05, 3.63) is 64.1 Å². The molecule has 1 fully saturated rings. The molecule has 124 valence electrons. The molecule has 0 bridgehead atoms. The van der Waals surface area contributed by atoms with Gasteiger partial charge in [0.15, 0.2) is 5.75 Å². The van der Waals surface area contributed by atoms with Crippen LogP contribution in [-0.2, 0) is 6.61 Å². The number of nitrogens with one attached hydrogen (secondary N) is 3. The Morgan fingerprint density at radius 3 is 2.71 bits per heavy atom. The van der Waals surface area contributed by atoms with Crippen molar-refractivity contribution in [1.82, 2.24) is 20.7 Å². The van der Waals surface area contributed by atoms with Gasteiger partial charge in [0.2, 0.25) is 5.43 Å². The number of carbonyl (C=O) groups excluding carboxylic acids is 2. The van der Waals surface area contributed by atoms with Gasteiger partial charge in [-0.05, 0) is 5.56 Å². The maximum atomic E-state index is 12.0. The zero-order valence-electron chi connectivity index (χ0n) is 12.7. The van der Waals surface area contributed by atoms with Gasteiger partial charge in [0.05, 0.1) is 6.54 Å². The van der Waals surface area contributed by atoms with Crippen molar-refractivity contribution in [3.63, 3.8) is 0 Å². The Morgan fingerprint density at radius 1 is 1.25 bits per heavy atom. The maximum Gasteiger partial charge on any atom is 0.336 e. The Hall–Kier alpha value is -3.29. The fourth-order valence-corrected chi connectivity index (χ4v) is 2.20. The molecule has 1 aromatic heterocycles. The summed E-state index contributed by atoms with van der Waals surface area (Å²) in [4.78, 5) is 38.2. The van der Waals surface area contributed by atoms with Crippen LogP contribution in [-0.4, -0.2) is 35.0 Å². The molecular formula is C16H16N4O4. The summed E-state index contributed by atoms with van der Waals surface area (Å²) in [5.41, 5.74) is 2.98. The van der Waals surface area contributed by atoms with E-state index in [0.29, 0.717) is 13.1 Å². The summed E-state index contributed by atoms with van der Waals surface area (Å²) in [6.07, 6.45) is 1.34. The minimum absolute atomic E-state index is 0.0479. The number of rotatable bonds is 5. The normalized spacial score (nSPS) is 13.5. The molecule has 0 saturated carbocycles. The molecule has 1 aliphatic heterocycles. The molecule has 1 saturated heterocycles. The number of urea groups is 1. The molecule has 1 aliphatic rings. The highest BCUT2D eigenvalue weighted by molar-refractivity contribution is 5.93. The minimum atomic E-state index is -0.571. The summed E-state index contributed by atoms with van der Waals surface area (Å²) in [5.74, 6) is -0.451. The van der Waals surface area contributed by atoms with Gasteiger partial charge in [-0.1, -0.05) is 30.3 Å². The molecule has 2 aromatic rings. The zero-order chi connectivity index (χ0) is 16.9. The van der Waals surface area contributed by atoms with Gasteiger partial charge in [-0.3, -0.25) is 15.0 Å². The van der Waals surface area contributed by atoms with Gasteiger partial charge in [0, 0.05) is 18.8 Å². The van der Waals surface area contributed by atoms with Crippen LogP contribution in [0, 0.1) is 0 Å². The summed E-state index contributed by atoms with van der Waals surface area (Å²) < 4.78 is 5.46. The lowest BCUT2D eigenvalue weighted by Crippen LogP contribution is -2.44. The van der Waals surface area contributed by atoms with E-state index in [4.69, 9.17) is 4.74 Å². The number of carbonyl (C=O) groups is 2. The smallest absolute Gasteiger partial charge is 0.336 e. The van der Waals surface area contributed by atoms with Gasteiger partial charge in [-0.25, -0.2) is 9.80 Å².